The fourth-order valence-corrected chi connectivity index (χ4v) is 4.33. The molecule has 1 amide bonds. The summed E-state index contributed by atoms with van der Waals surface area (Å²) in [5.74, 6) is 0.280. The van der Waals surface area contributed by atoms with Crippen molar-refractivity contribution in [2.75, 3.05) is 13.1 Å². The minimum Gasteiger partial charge on any atom is -0.341 e. The standard InChI is InChI=1S/C21H22FN3O2S/c1-2-9-24(11-14-3-4-14)19(26)12-25-13-23-17-10-18(28-20(17)21(25)27)15-5-7-16(22)8-6-15/h5-8,10,13-14H,2-4,9,11-12H2,1H3. The van der Waals surface area contributed by atoms with Crippen LogP contribution >= 0.6 is 11.3 Å². The summed E-state index contributed by atoms with van der Waals surface area (Å²) in [6.07, 6.45) is 4.71. The Balaban J connectivity index is 1.59. The number of benzene rings is 1. The Morgan fingerprint density at radius 3 is 2.75 bits per heavy atom. The lowest BCUT2D eigenvalue weighted by atomic mass is 10.2. The zero-order valence-electron chi connectivity index (χ0n) is 15.7. The average Bonchev–Trinajstić information content (AvgIpc) is 3.40. The number of nitrogens with zero attached hydrogens (tertiary/aromatic N) is 3. The molecule has 5 nitrogen and oxygen atoms in total. The fraction of sp³-hybridized carbons (Fsp3) is 0.381. The minimum absolute atomic E-state index is 0.0122. The van der Waals surface area contributed by atoms with Gasteiger partial charge in [0.25, 0.3) is 5.56 Å². The van der Waals surface area contributed by atoms with Gasteiger partial charge in [0.1, 0.15) is 17.1 Å². The Bertz CT molecular complexity index is 1050. The van der Waals surface area contributed by atoms with Crippen LogP contribution in [0.2, 0.25) is 0 Å². The van der Waals surface area contributed by atoms with Gasteiger partial charge in [0.2, 0.25) is 5.91 Å². The Kier molecular flexibility index (Phi) is 5.26. The molecule has 0 spiro atoms. The van der Waals surface area contributed by atoms with Crippen molar-refractivity contribution in [2.45, 2.75) is 32.7 Å². The zero-order chi connectivity index (χ0) is 19.7. The molecule has 1 fully saturated rings. The Hall–Kier alpha value is -2.54. The number of carbonyl (C=O) groups excluding carboxylic acids is 1. The molecule has 0 bridgehead atoms. The first kappa shape index (κ1) is 18.8. The topological polar surface area (TPSA) is 55.2 Å². The van der Waals surface area contributed by atoms with Crippen LogP contribution < -0.4 is 5.56 Å². The van der Waals surface area contributed by atoms with Crippen LogP contribution in [0.4, 0.5) is 4.39 Å². The Labute approximate surface area is 166 Å². The summed E-state index contributed by atoms with van der Waals surface area (Å²) >= 11 is 1.32. The maximum absolute atomic E-state index is 13.2. The van der Waals surface area contributed by atoms with Crippen LogP contribution in [0.25, 0.3) is 20.7 Å². The van der Waals surface area contributed by atoms with Crippen molar-refractivity contribution < 1.29 is 9.18 Å². The molecule has 4 rings (SSSR count). The number of thiophene rings is 1. The minimum atomic E-state index is -0.299. The van der Waals surface area contributed by atoms with E-state index < -0.39 is 0 Å². The molecule has 1 saturated carbocycles. The molecular formula is C21H22FN3O2S. The number of halogens is 1. The number of hydrogen-bond acceptors (Lipinski definition) is 4. The van der Waals surface area contributed by atoms with E-state index in [0.29, 0.717) is 22.7 Å². The normalized spacial score (nSPS) is 13.8. The molecule has 0 N–H and O–H groups in total. The van der Waals surface area contributed by atoms with Crippen molar-refractivity contribution >= 4 is 27.5 Å². The van der Waals surface area contributed by atoms with E-state index in [1.54, 1.807) is 12.1 Å². The van der Waals surface area contributed by atoms with E-state index in [0.717, 1.165) is 23.4 Å². The molecule has 0 atom stereocenters. The van der Waals surface area contributed by atoms with Crippen LogP contribution in [0.5, 0.6) is 0 Å². The van der Waals surface area contributed by atoms with Gasteiger partial charge in [-0.3, -0.25) is 14.2 Å². The SMILES string of the molecule is CCCN(CC1CC1)C(=O)Cn1cnc2cc(-c3ccc(F)cc3)sc2c1=O. The summed E-state index contributed by atoms with van der Waals surface area (Å²) in [5, 5.41) is 0. The molecular weight excluding hydrogens is 377 g/mol. The smallest absolute Gasteiger partial charge is 0.271 e. The van der Waals surface area contributed by atoms with Gasteiger partial charge >= 0.3 is 0 Å². The van der Waals surface area contributed by atoms with Gasteiger partial charge in [-0.2, -0.15) is 0 Å². The first-order chi connectivity index (χ1) is 13.5. The highest BCUT2D eigenvalue weighted by atomic mass is 32.1. The largest absolute Gasteiger partial charge is 0.341 e. The number of amides is 1. The molecule has 0 saturated heterocycles. The molecule has 2 heterocycles. The summed E-state index contributed by atoms with van der Waals surface area (Å²) < 4.78 is 15.1. The Morgan fingerprint density at radius 2 is 2.07 bits per heavy atom. The third kappa shape index (κ3) is 3.99. The quantitative estimate of drug-likeness (QED) is 0.605. The van der Waals surface area contributed by atoms with Crippen molar-refractivity contribution in [3.05, 3.63) is 52.8 Å². The number of hydrogen-bond donors (Lipinski definition) is 0. The van der Waals surface area contributed by atoms with Gasteiger partial charge < -0.3 is 4.90 Å². The van der Waals surface area contributed by atoms with Crippen molar-refractivity contribution in [3.63, 3.8) is 0 Å². The van der Waals surface area contributed by atoms with Crippen LogP contribution in [0.15, 0.2) is 41.5 Å². The molecule has 28 heavy (non-hydrogen) atoms. The van der Waals surface area contributed by atoms with Crippen LogP contribution in [0, 0.1) is 11.7 Å². The number of aromatic nitrogens is 2. The predicted molar refractivity (Wildman–Crippen MR) is 109 cm³/mol. The van der Waals surface area contributed by atoms with Crippen molar-refractivity contribution in [1.29, 1.82) is 0 Å². The summed E-state index contributed by atoms with van der Waals surface area (Å²) in [5.41, 5.74) is 1.23. The van der Waals surface area contributed by atoms with Gasteiger partial charge in [-0.1, -0.05) is 19.1 Å². The molecule has 1 aromatic carbocycles. The van der Waals surface area contributed by atoms with E-state index in [2.05, 4.69) is 11.9 Å². The van der Waals surface area contributed by atoms with Gasteiger partial charge in [-0.15, -0.1) is 11.3 Å². The summed E-state index contributed by atoms with van der Waals surface area (Å²) in [6.45, 7) is 3.56. The van der Waals surface area contributed by atoms with E-state index in [4.69, 9.17) is 0 Å². The summed E-state index contributed by atoms with van der Waals surface area (Å²) in [6, 6.07) is 7.99. The van der Waals surface area contributed by atoms with E-state index >= 15 is 0 Å². The molecule has 1 aliphatic rings. The van der Waals surface area contributed by atoms with Crippen LogP contribution in [-0.4, -0.2) is 33.4 Å². The third-order valence-corrected chi connectivity index (χ3v) is 6.12. The molecule has 0 unspecified atom stereocenters. The maximum Gasteiger partial charge on any atom is 0.271 e. The zero-order valence-corrected chi connectivity index (χ0v) is 16.5. The van der Waals surface area contributed by atoms with Gasteiger partial charge in [0.15, 0.2) is 0 Å². The second-order valence-corrected chi connectivity index (χ2v) is 8.34. The summed E-state index contributed by atoms with van der Waals surface area (Å²) in [4.78, 5) is 32.7. The van der Waals surface area contributed by atoms with Crippen LogP contribution in [-0.2, 0) is 11.3 Å². The first-order valence-corrected chi connectivity index (χ1v) is 10.4. The van der Waals surface area contributed by atoms with Crippen LogP contribution in [0.1, 0.15) is 26.2 Å². The van der Waals surface area contributed by atoms with E-state index in [1.807, 2.05) is 11.0 Å². The lowest BCUT2D eigenvalue weighted by Crippen LogP contribution is -2.38. The lowest BCUT2D eigenvalue weighted by molar-refractivity contribution is -0.132. The molecule has 0 aliphatic heterocycles. The number of rotatable bonds is 7. The predicted octanol–water partition coefficient (Wildman–Crippen LogP) is 3.91. The monoisotopic (exact) mass is 399 g/mol. The number of carbonyl (C=O) groups is 1. The highest BCUT2D eigenvalue weighted by Crippen LogP contribution is 2.31. The van der Waals surface area contributed by atoms with Gasteiger partial charge in [-0.25, -0.2) is 9.37 Å². The summed E-state index contributed by atoms with van der Waals surface area (Å²) in [7, 11) is 0. The van der Waals surface area contributed by atoms with Crippen molar-refractivity contribution in [3.8, 4) is 10.4 Å². The second-order valence-electron chi connectivity index (χ2n) is 7.29. The fourth-order valence-electron chi connectivity index (χ4n) is 3.26. The Morgan fingerprint density at radius 1 is 1.32 bits per heavy atom. The molecule has 7 heteroatoms. The van der Waals surface area contributed by atoms with E-state index in [9.17, 15) is 14.0 Å². The third-order valence-electron chi connectivity index (χ3n) is 4.96. The van der Waals surface area contributed by atoms with Gasteiger partial charge in [0.05, 0.1) is 11.8 Å². The second kappa shape index (κ2) is 7.83. The highest BCUT2D eigenvalue weighted by molar-refractivity contribution is 7.22. The number of fused-ring (bicyclic) bond motifs is 1. The first-order valence-electron chi connectivity index (χ1n) is 9.58. The average molecular weight is 399 g/mol. The van der Waals surface area contributed by atoms with Crippen molar-refractivity contribution in [1.82, 2.24) is 14.5 Å². The van der Waals surface area contributed by atoms with Gasteiger partial charge in [-0.05, 0) is 48.9 Å². The molecule has 0 radical (unpaired) electrons. The van der Waals surface area contributed by atoms with Crippen molar-refractivity contribution in [2.24, 2.45) is 5.92 Å². The maximum atomic E-state index is 13.2. The van der Waals surface area contributed by atoms with E-state index in [1.165, 1.54) is 47.2 Å². The molecule has 1 aliphatic carbocycles. The molecule has 146 valence electrons. The molecule has 3 aromatic rings. The van der Waals surface area contributed by atoms with Crippen LogP contribution in [0.3, 0.4) is 0 Å². The highest BCUT2D eigenvalue weighted by Gasteiger charge is 2.26. The molecule has 2 aromatic heterocycles. The van der Waals surface area contributed by atoms with Gasteiger partial charge in [0, 0.05) is 18.0 Å². The van der Waals surface area contributed by atoms with E-state index in [-0.39, 0.29) is 23.8 Å². The lowest BCUT2D eigenvalue weighted by Gasteiger charge is -2.22.